The van der Waals surface area contributed by atoms with Crippen LogP contribution in [0.3, 0.4) is 0 Å². The van der Waals surface area contributed by atoms with Crippen LogP contribution in [-0.4, -0.2) is 33.8 Å². The molecule has 2 aromatic heterocycles. The third kappa shape index (κ3) is 4.31. The van der Waals surface area contributed by atoms with Crippen LogP contribution in [0, 0.1) is 13.8 Å². The van der Waals surface area contributed by atoms with Crippen LogP contribution in [0.25, 0.3) is 0 Å². The van der Waals surface area contributed by atoms with E-state index in [0.717, 1.165) is 42.9 Å². The van der Waals surface area contributed by atoms with Crippen molar-refractivity contribution in [3.05, 3.63) is 63.9 Å². The molecular formula is C21H25N5OS. The number of carbonyl (C=O) groups is 1. The van der Waals surface area contributed by atoms with Crippen LogP contribution in [-0.2, 0) is 6.42 Å². The molecule has 4 rings (SSSR count). The molecule has 28 heavy (non-hydrogen) atoms. The van der Waals surface area contributed by atoms with E-state index in [1.54, 1.807) is 6.07 Å². The fraction of sp³-hybridized carbons (Fsp3) is 0.381. The Kier molecular flexibility index (Phi) is 5.54. The van der Waals surface area contributed by atoms with Gasteiger partial charge in [-0.2, -0.15) is 5.10 Å². The van der Waals surface area contributed by atoms with Crippen molar-refractivity contribution in [3.63, 3.8) is 0 Å². The third-order valence-electron chi connectivity index (χ3n) is 5.08. The molecule has 3 heterocycles. The molecule has 2 N–H and O–H groups in total. The van der Waals surface area contributed by atoms with Crippen LogP contribution < -0.4 is 10.6 Å². The van der Waals surface area contributed by atoms with Gasteiger partial charge in [0.15, 0.2) is 10.8 Å². The van der Waals surface area contributed by atoms with Gasteiger partial charge in [0.2, 0.25) is 0 Å². The summed E-state index contributed by atoms with van der Waals surface area (Å²) in [6.07, 6.45) is 4.93. The Labute approximate surface area is 169 Å². The Hall–Kier alpha value is -2.51. The van der Waals surface area contributed by atoms with Gasteiger partial charge in [0, 0.05) is 24.0 Å². The molecule has 7 heteroatoms. The average Bonchev–Trinajstić information content (AvgIpc) is 3.32. The topological polar surface area (TPSA) is 71.8 Å². The lowest BCUT2D eigenvalue weighted by atomic mass is 10.1. The number of hydrogen-bond acceptors (Lipinski definition) is 5. The first-order valence-electron chi connectivity index (χ1n) is 9.67. The van der Waals surface area contributed by atoms with Crippen LogP contribution in [0.4, 0.5) is 5.13 Å². The molecule has 1 atom stereocenters. The lowest BCUT2D eigenvalue weighted by Crippen LogP contribution is -2.32. The SMILES string of the molecule is Cc1ccc(Cc2sc(NC(=O)c3ccn(C4CCCNC4)n3)nc2C)cc1. The summed E-state index contributed by atoms with van der Waals surface area (Å²) >= 11 is 1.53. The second-order valence-corrected chi connectivity index (χ2v) is 8.41. The monoisotopic (exact) mass is 395 g/mol. The highest BCUT2D eigenvalue weighted by atomic mass is 32.1. The summed E-state index contributed by atoms with van der Waals surface area (Å²) in [5, 5.41) is 11.4. The molecule has 1 aliphatic heterocycles. The maximum absolute atomic E-state index is 12.6. The number of rotatable bonds is 5. The van der Waals surface area contributed by atoms with E-state index in [9.17, 15) is 4.79 Å². The molecule has 0 spiro atoms. The third-order valence-corrected chi connectivity index (χ3v) is 6.16. The highest BCUT2D eigenvalue weighted by Gasteiger charge is 2.19. The van der Waals surface area contributed by atoms with Crippen molar-refractivity contribution in [2.75, 3.05) is 18.4 Å². The number of benzene rings is 1. The van der Waals surface area contributed by atoms with Gasteiger partial charge in [-0.15, -0.1) is 11.3 Å². The molecule has 1 aromatic carbocycles. The predicted octanol–water partition coefficient (Wildman–Crippen LogP) is 3.72. The molecule has 1 saturated heterocycles. The van der Waals surface area contributed by atoms with Gasteiger partial charge in [0.25, 0.3) is 5.91 Å². The first kappa shape index (κ1) is 18.8. The smallest absolute Gasteiger partial charge is 0.277 e. The van der Waals surface area contributed by atoms with Crippen molar-refractivity contribution in [2.45, 2.75) is 39.2 Å². The molecule has 0 radical (unpaired) electrons. The summed E-state index contributed by atoms with van der Waals surface area (Å²) in [6.45, 7) is 6.03. The molecule has 1 unspecified atom stereocenters. The van der Waals surface area contributed by atoms with Crippen LogP contribution in [0.5, 0.6) is 0 Å². The maximum atomic E-state index is 12.6. The molecule has 146 valence electrons. The highest BCUT2D eigenvalue weighted by molar-refractivity contribution is 7.15. The van der Waals surface area contributed by atoms with E-state index in [4.69, 9.17) is 0 Å². The van der Waals surface area contributed by atoms with E-state index in [1.165, 1.54) is 22.5 Å². The number of anilines is 1. The quantitative estimate of drug-likeness (QED) is 0.691. The van der Waals surface area contributed by atoms with Crippen LogP contribution in [0.2, 0.25) is 0 Å². The van der Waals surface area contributed by atoms with E-state index in [-0.39, 0.29) is 5.91 Å². The number of nitrogens with one attached hydrogen (secondary N) is 2. The number of thiazole rings is 1. The molecule has 0 saturated carbocycles. The van der Waals surface area contributed by atoms with Gasteiger partial charge in [0.1, 0.15) is 0 Å². The Morgan fingerprint density at radius 2 is 2.11 bits per heavy atom. The Bertz CT molecular complexity index is 954. The fourth-order valence-corrected chi connectivity index (χ4v) is 4.41. The van der Waals surface area contributed by atoms with Gasteiger partial charge < -0.3 is 5.32 Å². The van der Waals surface area contributed by atoms with Gasteiger partial charge >= 0.3 is 0 Å². The normalized spacial score (nSPS) is 16.9. The summed E-state index contributed by atoms with van der Waals surface area (Å²) in [4.78, 5) is 18.3. The number of piperidine rings is 1. The molecule has 0 bridgehead atoms. The molecule has 3 aromatic rings. The first-order chi connectivity index (χ1) is 13.6. The van der Waals surface area contributed by atoms with E-state index < -0.39 is 0 Å². The van der Waals surface area contributed by atoms with Crippen molar-refractivity contribution in [2.24, 2.45) is 0 Å². The van der Waals surface area contributed by atoms with Crippen molar-refractivity contribution in [1.82, 2.24) is 20.1 Å². The number of aromatic nitrogens is 3. The number of nitrogens with zero attached hydrogens (tertiary/aromatic N) is 3. The lowest BCUT2D eigenvalue weighted by molar-refractivity contribution is 0.102. The standard InChI is InChI=1S/C21H25N5OS/c1-14-5-7-16(8-6-14)12-19-15(2)23-21(28-19)24-20(27)18-9-11-26(25-18)17-4-3-10-22-13-17/h5-9,11,17,22H,3-4,10,12-13H2,1-2H3,(H,23,24,27). The maximum Gasteiger partial charge on any atom is 0.277 e. The summed E-state index contributed by atoms with van der Waals surface area (Å²) in [7, 11) is 0. The first-order valence-corrected chi connectivity index (χ1v) is 10.5. The predicted molar refractivity (Wildman–Crippen MR) is 112 cm³/mol. The van der Waals surface area contributed by atoms with E-state index in [1.807, 2.05) is 17.8 Å². The van der Waals surface area contributed by atoms with Crippen molar-refractivity contribution in [1.29, 1.82) is 0 Å². The number of amides is 1. The number of aryl methyl sites for hydroxylation is 2. The molecule has 1 aliphatic rings. The highest BCUT2D eigenvalue weighted by Crippen LogP contribution is 2.26. The van der Waals surface area contributed by atoms with Gasteiger partial charge in [-0.1, -0.05) is 29.8 Å². The fourth-order valence-electron chi connectivity index (χ4n) is 3.42. The zero-order valence-corrected chi connectivity index (χ0v) is 17.1. The van der Waals surface area contributed by atoms with Crippen LogP contribution in [0.1, 0.15) is 51.1 Å². The minimum atomic E-state index is -0.210. The van der Waals surface area contributed by atoms with Gasteiger partial charge in [-0.3, -0.25) is 14.8 Å². The van der Waals surface area contributed by atoms with Crippen LogP contribution >= 0.6 is 11.3 Å². The number of carbonyl (C=O) groups excluding carboxylic acids is 1. The lowest BCUT2D eigenvalue weighted by Gasteiger charge is -2.22. The molecule has 1 fully saturated rings. The van der Waals surface area contributed by atoms with Crippen LogP contribution in [0.15, 0.2) is 36.5 Å². The van der Waals surface area contributed by atoms with Crippen molar-refractivity contribution < 1.29 is 4.79 Å². The zero-order chi connectivity index (χ0) is 19.5. The second-order valence-electron chi connectivity index (χ2n) is 7.33. The molecule has 1 amide bonds. The second kappa shape index (κ2) is 8.24. The number of hydrogen-bond donors (Lipinski definition) is 2. The van der Waals surface area contributed by atoms with Gasteiger partial charge in [0.05, 0.1) is 11.7 Å². The van der Waals surface area contributed by atoms with E-state index in [0.29, 0.717) is 16.9 Å². The minimum absolute atomic E-state index is 0.210. The summed E-state index contributed by atoms with van der Waals surface area (Å²) in [6, 6.07) is 10.6. The molecule has 0 aliphatic carbocycles. The van der Waals surface area contributed by atoms with E-state index in [2.05, 4.69) is 51.9 Å². The van der Waals surface area contributed by atoms with E-state index >= 15 is 0 Å². The van der Waals surface area contributed by atoms with Crippen molar-refractivity contribution >= 4 is 22.4 Å². The minimum Gasteiger partial charge on any atom is -0.315 e. The Morgan fingerprint density at radius 3 is 2.86 bits per heavy atom. The molecular weight excluding hydrogens is 370 g/mol. The summed E-state index contributed by atoms with van der Waals surface area (Å²) in [5.41, 5.74) is 3.88. The Balaban J connectivity index is 1.42. The Morgan fingerprint density at radius 1 is 1.29 bits per heavy atom. The average molecular weight is 396 g/mol. The van der Waals surface area contributed by atoms with Gasteiger partial charge in [-0.05, 0) is 44.9 Å². The van der Waals surface area contributed by atoms with Crippen molar-refractivity contribution in [3.8, 4) is 0 Å². The zero-order valence-electron chi connectivity index (χ0n) is 16.2. The van der Waals surface area contributed by atoms with Gasteiger partial charge in [-0.25, -0.2) is 4.98 Å². The molecule has 6 nitrogen and oxygen atoms in total. The summed E-state index contributed by atoms with van der Waals surface area (Å²) < 4.78 is 1.90. The summed E-state index contributed by atoms with van der Waals surface area (Å²) in [5.74, 6) is -0.210. The largest absolute Gasteiger partial charge is 0.315 e.